The third-order valence-corrected chi connectivity index (χ3v) is 14.6. The monoisotopic (exact) mass is 960 g/mol. The predicted molar refractivity (Wildman–Crippen MR) is 297 cm³/mol. The summed E-state index contributed by atoms with van der Waals surface area (Å²) in [4.78, 5) is 24.5. The molecule has 0 heterocycles. The number of carbonyl (C=O) groups excluding carboxylic acids is 2. The Bertz CT molecular complexity index is 1020. The Labute approximate surface area is 425 Å². The first kappa shape index (κ1) is 66.6. The summed E-state index contributed by atoms with van der Waals surface area (Å²) in [5, 5.41) is 23.2. The first-order valence-corrected chi connectivity index (χ1v) is 30.9. The van der Waals surface area contributed by atoms with Gasteiger partial charge in [-0.05, 0) is 51.4 Å². The molecule has 6 heteroatoms. The summed E-state index contributed by atoms with van der Waals surface area (Å²) in [6.45, 7) is 4.97. The number of carbonyl (C=O) groups is 2. The summed E-state index contributed by atoms with van der Waals surface area (Å²) in [6, 6.07) is -0.543. The van der Waals surface area contributed by atoms with Crippen LogP contribution in [0.15, 0.2) is 12.2 Å². The number of hydrogen-bond acceptors (Lipinski definition) is 5. The Kier molecular flexibility index (Phi) is 57.0. The van der Waals surface area contributed by atoms with Crippen LogP contribution in [0.25, 0.3) is 0 Å². The predicted octanol–water partition coefficient (Wildman–Crippen LogP) is 19.2. The zero-order valence-corrected chi connectivity index (χ0v) is 46.1. The van der Waals surface area contributed by atoms with E-state index in [1.165, 1.54) is 276 Å². The molecule has 68 heavy (non-hydrogen) atoms. The molecule has 0 aliphatic heterocycles. The second kappa shape index (κ2) is 58.2. The summed E-state index contributed by atoms with van der Waals surface area (Å²) in [5.74, 6) is -0.0226. The molecule has 0 aliphatic rings. The van der Waals surface area contributed by atoms with Crippen LogP contribution in [0.2, 0.25) is 0 Å². The van der Waals surface area contributed by atoms with Crippen molar-refractivity contribution in [3.63, 3.8) is 0 Å². The third-order valence-electron chi connectivity index (χ3n) is 14.6. The van der Waals surface area contributed by atoms with Crippen molar-refractivity contribution < 1.29 is 24.5 Å². The maximum absolute atomic E-state index is 12.5. The molecule has 0 fully saturated rings. The van der Waals surface area contributed by atoms with Crippen molar-refractivity contribution in [2.45, 2.75) is 360 Å². The molecule has 404 valence electrons. The lowest BCUT2D eigenvalue weighted by Crippen LogP contribution is -2.45. The maximum Gasteiger partial charge on any atom is 0.305 e. The Balaban J connectivity index is 3.38. The highest BCUT2D eigenvalue weighted by Gasteiger charge is 2.20. The minimum absolute atomic E-state index is 0.0154. The van der Waals surface area contributed by atoms with Crippen molar-refractivity contribution in [1.29, 1.82) is 0 Å². The topological polar surface area (TPSA) is 95.9 Å². The van der Waals surface area contributed by atoms with Crippen LogP contribution < -0.4 is 5.32 Å². The summed E-state index contributed by atoms with van der Waals surface area (Å²) in [6.07, 6.45) is 69.4. The fourth-order valence-corrected chi connectivity index (χ4v) is 9.81. The largest absolute Gasteiger partial charge is 0.466 e. The average Bonchev–Trinajstić information content (AvgIpc) is 3.34. The van der Waals surface area contributed by atoms with Gasteiger partial charge in [0, 0.05) is 12.8 Å². The highest BCUT2D eigenvalue weighted by atomic mass is 16.5. The molecule has 0 rings (SSSR count). The Hall–Kier alpha value is -1.40. The number of aliphatic hydroxyl groups is 2. The summed E-state index contributed by atoms with van der Waals surface area (Å²) >= 11 is 0. The molecule has 0 saturated carbocycles. The van der Waals surface area contributed by atoms with Crippen molar-refractivity contribution in [2.24, 2.45) is 0 Å². The van der Waals surface area contributed by atoms with Crippen molar-refractivity contribution in [2.75, 3.05) is 13.2 Å². The molecule has 0 spiro atoms. The smallest absolute Gasteiger partial charge is 0.305 e. The van der Waals surface area contributed by atoms with E-state index in [-0.39, 0.29) is 18.5 Å². The minimum Gasteiger partial charge on any atom is -0.466 e. The van der Waals surface area contributed by atoms with E-state index in [4.69, 9.17) is 4.74 Å². The Morgan fingerprint density at radius 2 is 0.691 bits per heavy atom. The Morgan fingerprint density at radius 3 is 1.04 bits per heavy atom. The average molecular weight is 961 g/mol. The van der Waals surface area contributed by atoms with Crippen molar-refractivity contribution in [3.05, 3.63) is 12.2 Å². The number of rotatable bonds is 58. The fraction of sp³-hybridized carbons (Fsp3) is 0.935. The molecule has 0 radical (unpaired) electrons. The van der Waals surface area contributed by atoms with Gasteiger partial charge in [0.25, 0.3) is 0 Å². The molecular formula is C62H121NO5. The minimum atomic E-state index is -0.665. The number of unbranched alkanes of at least 4 members (excludes halogenated alkanes) is 45. The van der Waals surface area contributed by atoms with E-state index in [9.17, 15) is 19.8 Å². The number of esters is 1. The van der Waals surface area contributed by atoms with Crippen LogP contribution in [0.4, 0.5) is 0 Å². The van der Waals surface area contributed by atoms with Gasteiger partial charge in [-0.25, -0.2) is 0 Å². The van der Waals surface area contributed by atoms with Gasteiger partial charge >= 0.3 is 5.97 Å². The van der Waals surface area contributed by atoms with Gasteiger partial charge in [0.05, 0.1) is 25.4 Å². The second-order valence-corrected chi connectivity index (χ2v) is 21.4. The molecule has 3 N–H and O–H groups in total. The van der Waals surface area contributed by atoms with Crippen LogP contribution in [-0.2, 0) is 14.3 Å². The van der Waals surface area contributed by atoms with Crippen LogP contribution in [-0.4, -0.2) is 47.4 Å². The second-order valence-electron chi connectivity index (χ2n) is 21.4. The van der Waals surface area contributed by atoms with Crippen molar-refractivity contribution in [3.8, 4) is 0 Å². The summed E-state index contributed by atoms with van der Waals surface area (Å²) in [7, 11) is 0. The number of amides is 1. The van der Waals surface area contributed by atoms with Gasteiger partial charge in [0.1, 0.15) is 0 Å². The molecule has 0 aromatic heterocycles. The van der Waals surface area contributed by atoms with Gasteiger partial charge < -0.3 is 20.3 Å². The van der Waals surface area contributed by atoms with E-state index in [1.54, 1.807) is 0 Å². The van der Waals surface area contributed by atoms with Crippen molar-refractivity contribution >= 4 is 11.9 Å². The molecule has 2 unspecified atom stereocenters. The number of aliphatic hydroxyl groups excluding tert-OH is 2. The van der Waals surface area contributed by atoms with Crippen molar-refractivity contribution in [1.82, 2.24) is 5.32 Å². The molecule has 0 saturated heterocycles. The summed E-state index contributed by atoms with van der Waals surface area (Å²) in [5.41, 5.74) is 0. The zero-order valence-electron chi connectivity index (χ0n) is 46.1. The van der Waals surface area contributed by atoms with Gasteiger partial charge in [0.15, 0.2) is 0 Å². The summed E-state index contributed by atoms with van der Waals surface area (Å²) < 4.78 is 5.48. The fourth-order valence-electron chi connectivity index (χ4n) is 9.81. The number of hydrogen-bond donors (Lipinski definition) is 3. The molecule has 2 atom stereocenters. The van der Waals surface area contributed by atoms with Gasteiger partial charge in [-0.1, -0.05) is 296 Å². The highest BCUT2D eigenvalue weighted by Crippen LogP contribution is 2.18. The lowest BCUT2D eigenvalue weighted by molar-refractivity contribution is -0.143. The molecule has 0 aromatic rings. The van der Waals surface area contributed by atoms with E-state index in [1.807, 2.05) is 0 Å². The molecule has 0 aromatic carbocycles. The molecule has 1 amide bonds. The molecule has 6 nitrogen and oxygen atoms in total. The maximum atomic E-state index is 12.5. The van der Waals surface area contributed by atoms with E-state index in [0.29, 0.717) is 25.9 Å². The van der Waals surface area contributed by atoms with Crippen LogP contribution in [0, 0.1) is 0 Å². The Morgan fingerprint density at radius 1 is 0.397 bits per heavy atom. The SMILES string of the molecule is CCCCCCCCCCCCCCCCC(=O)OCCCCCCCCCCCCCC/C=C\CCCCCCCCCCC(=O)NC(CO)C(O)CCCCCCCCCCCCCCC. The molecule has 0 aliphatic carbocycles. The first-order valence-electron chi connectivity index (χ1n) is 30.9. The normalized spacial score (nSPS) is 12.6. The van der Waals surface area contributed by atoms with Crippen LogP contribution >= 0.6 is 0 Å². The standard InChI is InChI=1S/C62H121NO5/c1-3-5-7-9-11-13-15-17-32-36-40-44-48-52-56-62(67)68-57-53-49-45-41-37-33-29-27-25-23-21-19-18-20-22-24-26-28-31-35-39-43-47-51-55-61(66)63-59(58-64)60(65)54-50-46-42-38-34-30-16-14-12-10-8-6-4-2/h20,22,59-60,64-65H,3-19,21,23-58H2,1-2H3,(H,63,66)/b22-20-. The van der Waals surface area contributed by atoms with Crippen LogP contribution in [0.3, 0.4) is 0 Å². The zero-order chi connectivity index (χ0) is 49.3. The third kappa shape index (κ3) is 53.9. The number of ether oxygens (including phenoxy) is 1. The van der Waals surface area contributed by atoms with Gasteiger partial charge in [-0.3, -0.25) is 9.59 Å². The first-order chi connectivity index (χ1) is 33.5. The number of allylic oxidation sites excluding steroid dienone is 2. The highest BCUT2D eigenvalue weighted by molar-refractivity contribution is 5.76. The number of nitrogens with one attached hydrogen (secondary N) is 1. The molecule has 0 bridgehead atoms. The van der Waals surface area contributed by atoms with Gasteiger partial charge in [0.2, 0.25) is 5.91 Å². The van der Waals surface area contributed by atoms with E-state index >= 15 is 0 Å². The quantitative estimate of drug-likeness (QED) is 0.0321. The van der Waals surface area contributed by atoms with Crippen LogP contribution in [0.1, 0.15) is 348 Å². The van der Waals surface area contributed by atoms with Gasteiger partial charge in [-0.15, -0.1) is 0 Å². The van der Waals surface area contributed by atoms with E-state index in [0.717, 1.165) is 38.5 Å². The lowest BCUT2D eigenvalue weighted by atomic mass is 10.0. The molecular weight excluding hydrogens is 839 g/mol. The van der Waals surface area contributed by atoms with E-state index in [2.05, 4.69) is 31.3 Å². The van der Waals surface area contributed by atoms with E-state index < -0.39 is 12.1 Å². The lowest BCUT2D eigenvalue weighted by Gasteiger charge is -2.22. The van der Waals surface area contributed by atoms with Crippen LogP contribution in [0.5, 0.6) is 0 Å². The van der Waals surface area contributed by atoms with Gasteiger partial charge in [-0.2, -0.15) is 0 Å².